The Morgan fingerprint density at radius 1 is 1.18 bits per heavy atom. The van der Waals surface area contributed by atoms with Gasteiger partial charge < -0.3 is 9.84 Å². The van der Waals surface area contributed by atoms with E-state index in [1.165, 1.54) is 0 Å². The van der Waals surface area contributed by atoms with Gasteiger partial charge in [-0.2, -0.15) is 0 Å². The van der Waals surface area contributed by atoms with Gasteiger partial charge >= 0.3 is 0 Å². The van der Waals surface area contributed by atoms with Crippen molar-refractivity contribution in [2.45, 2.75) is 20.0 Å². The fourth-order valence-electron chi connectivity index (χ4n) is 1.56. The van der Waals surface area contributed by atoms with Gasteiger partial charge in [0.05, 0.1) is 12.3 Å². The van der Waals surface area contributed by atoms with Crippen LogP contribution in [-0.2, 0) is 0 Å². The van der Waals surface area contributed by atoms with Crippen LogP contribution in [-0.4, -0.2) is 10.1 Å². The van der Waals surface area contributed by atoms with Gasteiger partial charge in [-0.25, -0.2) is 0 Å². The van der Waals surface area contributed by atoms with Gasteiger partial charge in [0.1, 0.15) is 11.5 Å². The molecule has 0 unspecified atom stereocenters. The third-order valence-corrected chi connectivity index (χ3v) is 2.48. The zero-order valence-corrected chi connectivity index (χ0v) is 9.92. The van der Waals surface area contributed by atoms with E-state index in [-0.39, 0.29) is 0 Å². The van der Waals surface area contributed by atoms with Crippen molar-refractivity contribution in [2.24, 2.45) is 0 Å². The first-order chi connectivity index (χ1) is 8.16. The molecule has 1 aromatic heterocycles. The first kappa shape index (κ1) is 11.6. The lowest BCUT2D eigenvalue weighted by Gasteiger charge is -2.12. The molecule has 88 valence electrons. The number of rotatable bonds is 3. The molecule has 0 aliphatic heterocycles. The molecule has 17 heavy (non-hydrogen) atoms. The lowest BCUT2D eigenvalue weighted by Crippen LogP contribution is -1.96. The average Bonchev–Trinajstić information content (AvgIpc) is 2.32. The SMILES string of the molecule is Cc1ccc(Oc2ccccc2[C@H](C)O)cn1. The summed E-state index contributed by atoms with van der Waals surface area (Å²) in [5.41, 5.74) is 1.72. The van der Waals surface area contributed by atoms with Gasteiger partial charge in [-0.1, -0.05) is 18.2 Å². The van der Waals surface area contributed by atoms with E-state index < -0.39 is 6.10 Å². The first-order valence-corrected chi connectivity index (χ1v) is 5.54. The number of hydrogen-bond donors (Lipinski definition) is 1. The molecule has 0 saturated heterocycles. The molecular formula is C14H15NO2. The average molecular weight is 229 g/mol. The molecule has 0 aliphatic rings. The minimum atomic E-state index is -0.551. The van der Waals surface area contributed by atoms with Crippen molar-refractivity contribution in [1.82, 2.24) is 4.98 Å². The van der Waals surface area contributed by atoms with E-state index in [0.717, 1.165) is 11.3 Å². The zero-order valence-electron chi connectivity index (χ0n) is 9.92. The summed E-state index contributed by atoms with van der Waals surface area (Å²) in [7, 11) is 0. The molecule has 0 saturated carbocycles. The van der Waals surface area contributed by atoms with Gasteiger partial charge in [0.15, 0.2) is 0 Å². The van der Waals surface area contributed by atoms with Crippen molar-refractivity contribution in [2.75, 3.05) is 0 Å². The van der Waals surface area contributed by atoms with E-state index in [0.29, 0.717) is 11.5 Å². The van der Waals surface area contributed by atoms with Gasteiger partial charge in [-0.3, -0.25) is 4.98 Å². The number of aliphatic hydroxyl groups is 1. The van der Waals surface area contributed by atoms with Crippen molar-refractivity contribution < 1.29 is 9.84 Å². The Morgan fingerprint density at radius 2 is 1.94 bits per heavy atom. The fraction of sp³-hybridized carbons (Fsp3) is 0.214. The van der Waals surface area contributed by atoms with Crippen molar-refractivity contribution in [3.05, 3.63) is 53.9 Å². The third kappa shape index (κ3) is 2.82. The Kier molecular flexibility index (Phi) is 3.40. The topological polar surface area (TPSA) is 42.4 Å². The molecule has 0 radical (unpaired) electrons. The van der Waals surface area contributed by atoms with Crippen LogP contribution in [0, 0.1) is 6.92 Å². The first-order valence-electron chi connectivity index (χ1n) is 5.54. The van der Waals surface area contributed by atoms with E-state index in [4.69, 9.17) is 4.74 Å². The maximum Gasteiger partial charge on any atom is 0.145 e. The van der Waals surface area contributed by atoms with Crippen molar-refractivity contribution >= 4 is 0 Å². The Hall–Kier alpha value is -1.87. The summed E-state index contributed by atoms with van der Waals surface area (Å²) in [6, 6.07) is 11.2. The lowest BCUT2D eigenvalue weighted by atomic mass is 10.1. The number of aliphatic hydroxyl groups excluding tert-OH is 1. The number of pyridine rings is 1. The molecule has 1 aromatic carbocycles. The molecule has 3 heteroatoms. The van der Waals surface area contributed by atoms with Crippen LogP contribution in [0.25, 0.3) is 0 Å². The highest BCUT2D eigenvalue weighted by molar-refractivity contribution is 5.38. The van der Waals surface area contributed by atoms with E-state index in [9.17, 15) is 5.11 Å². The van der Waals surface area contributed by atoms with Crippen LogP contribution >= 0.6 is 0 Å². The number of para-hydroxylation sites is 1. The van der Waals surface area contributed by atoms with Crippen LogP contribution in [0.15, 0.2) is 42.6 Å². The smallest absolute Gasteiger partial charge is 0.145 e. The normalized spacial score (nSPS) is 12.2. The molecule has 1 heterocycles. The third-order valence-electron chi connectivity index (χ3n) is 2.48. The second-order valence-electron chi connectivity index (χ2n) is 3.95. The van der Waals surface area contributed by atoms with Crippen LogP contribution < -0.4 is 4.74 Å². The van der Waals surface area contributed by atoms with E-state index in [2.05, 4.69) is 4.98 Å². The Balaban J connectivity index is 2.26. The number of benzene rings is 1. The molecule has 0 amide bonds. The Bertz CT molecular complexity index is 492. The lowest BCUT2D eigenvalue weighted by molar-refractivity contribution is 0.195. The summed E-state index contributed by atoms with van der Waals surface area (Å²) in [6.45, 7) is 3.64. The molecule has 0 aliphatic carbocycles. The minimum Gasteiger partial charge on any atom is -0.455 e. The predicted octanol–water partition coefficient (Wildman–Crippen LogP) is 3.24. The molecule has 1 atom stereocenters. The molecule has 3 nitrogen and oxygen atoms in total. The van der Waals surface area contributed by atoms with Crippen LogP contribution in [0.5, 0.6) is 11.5 Å². The molecule has 1 N–H and O–H groups in total. The van der Waals surface area contributed by atoms with Gasteiger partial charge in [-0.15, -0.1) is 0 Å². The quantitative estimate of drug-likeness (QED) is 0.878. The second-order valence-corrected chi connectivity index (χ2v) is 3.95. The summed E-state index contributed by atoms with van der Waals surface area (Å²) in [4.78, 5) is 4.16. The van der Waals surface area contributed by atoms with Gasteiger partial charge in [0.25, 0.3) is 0 Å². The Morgan fingerprint density at radius 3 is 2.59 bits per heavy atom. The summed E-state index contributed by atoms with van der Waals surface area (Å²) in [5.74, 6) is 1.33. The molecular weight excluding hydrogens is 214 g/mol. The maximum absolute atomic E-state index is 9.63. The van der Waals surface area contributed by atoms with Gasteiger partial charge in [0, 0.05) is 11.3 Å². The fourth-order valence-corrected chi connectivity index (χ4v) is 1.56. The van der Waals surface area contributed by atoms with E-state index in [1.54, 1.807) is 13.1 Å². The Labute approximate surface area is 101 Å². The number of ether oxygens (including phenoxy) is 1. The van der Waals surface area contributed by atoms with Gasteiger partial charge in [-0.05, 0) is 32.0 Å². The molecule has 2 rings (SSSR count). The summed E-state index contributed by atoms with van der Waals surface area (Å²) < 4.78 is 5.70. The summed E-state index contributed by atoms with van der Waals surface area (Å²) in [5, 5.41) is 9.63. The number of aryl methyl sites for hydroxylation is 1. The van der Waals surface area contributed by atoms with Crippen LogP contribution in [0.1, 0.15) is 24.3 Å². The van der Waals surface area contributed by atoms with Gasteiger partial charge in [0.2, 0.25) is 0 Å². The van der Waals surface area contributed by atoms with Crippen LogP contribution in [0.4, 0.5) is 0 Å². The highest BCUT2D eigenvalue weighted by Gasteiger charge is 2.08. The van der Waals surface area contributed by atoms with Crippen LogP contribution in [0.2, 0.25) is 0 Å². The molecule has 0 spiro atoms. The summed E-state index contributed by atoms with van der Waals surface area (Å²) in [6.07, 6.45) is 1.12. The van der Waals surface area contributed by atoms with Crippen molar-refractivity contribution in [3.63, 3.8) is 0 Å². The molecule has 0 fully saturated rings. The van der Waals surface area contributed by atoms with Crippen molar-refractivity contribution in [3.8, 4) is 11.5 Å². The second kappa shape index (κ2) is 4.97. The number of aromatic nitrogens is 1. The largest absolute Gasteiger partial charge is 0.455 e. The minimum absolute atomic E-state index is 0.551. The predicted molar refractivity (Wildman–Crippen MR) is 66.1 cm³/mol. The maximum atomic E-state index is 9.63. The van der Waals surface area contributed by atoms with E-state index in [1.807, 2.05) is 43.3 Å². The van der Waals surface area contributed by atoms with Crippen molar-refractivity contribution in [1.29, 1.82) is 0 Å². The molecule has 2 aromatic rings. The summed E-state index contributed by atoms with van der Waals surface area (Å²) >= 11 is 0. The monoisotopic (exact) mass is 229 g/mol. The van der Waals surface area contributed by atoms with E-state index >= 15 is 0 Å². The molecule has 0 bridgehead atoms. The highest BCUT2D eigenvalue weighted by atomic mass is 16.5. The van der Waals surface area contributed by atoms with Crippen LogP contribution in [0.3, 0.4) is 0 Å². The standard InChI is InChI=1S/C14H15NO2/c1-10-7-8-12(9-15-10)17-14-6-4-3-5-13(14)11(2)16/h3-9,11,16H,1-2H3/t11-/m0/s1. The zero-order chi connectivity index (χ0) is 12.3. The highest BCUT2D eigenvalue weighted by Crippen LogP contribution is 2.28. The number of nitrogens with zero attached hydrogens (tertiary/aromatic N) is 1. The number of hydrogen-bond acceptors (Lipinski definition) is 3.